The average molecular weight is 704 g/mol. The number of ether oxygens (including phenoxy) is 1. The third-order valence-corrected chi connectivity index (χ3v) is 7.32. The van der Waals surface area contributed by atoms with Crippen molar-refractivity contribution in [3.8, 4) is 23.5 Å². The number of carboxylic acid groups (broad SMARTS) is 2. The van der Waals surface area contributed by atoms with Crippen LogP contribution in [-0.4, -0.2) is 80.1 Å². The van der Waals surface area contributed by atoms with E-state index >= 15 is 4.39 Å². The van der Waals surface area contributed by atoms with E-state index < -0.39 is 40.7 Å². The first-order valence-electron chi connectivity index (χ1n) is 14.9. The number of nitrogens with zero attached hydrogens (tertiary/aromatic N) is 9. The molecule has 0 saturated heterocycles. The van der Waals surface area contributed by atoms with Gasteiger partial charge in [0.2, 0.25) is 0 Å². The van der Waals surface area contributed by atoms with Gasteiger partial charge in [0.1, 0.15) is 30.3 Å². The summed E-state index contributed by atoms with van der Waals surface area (Å²) in [5.41, 5.74) is -1.96. The summed E-state index contributed by atoms with van der Waals surface area (Å²) >= 11 is 0. The maximum atomic E-state index is 15.1. The van der Waals surface area contributed by atoms with Gasteiger partial charge in [-0.05, 0) is 48.0 Å². The fourth-order valence-electron chi connectivity index (χ4n) is 4.76. The van der Waals surface area contributed by atoms with Crippen molar-refractivity contribution in [2.45, 2.75) is 6.42 Å². The fraction of sp³-hybridized carbons (Fsp3) is 0.0606. The number of aromatic carboxylic acids is 2. The zero-order valence-corrected chi connectivity index (χ0v) is 26.3. The predicted molar refractivity (Wildman–Crippen MR) is 175 cm³/mol. The van der Waals surface area contributed by atoms with Gasteiger partial charge in [-0.2, -0.15) is 5.26 Å². The molecule has 0 bridgehead atoms. The first-order valence-corrected chi connectivity index (χ1v) is 14.9. The van der Waals surface area contributed by atoms with Crippen LogP contribution in [-0.2, 0) is 6.42 Å². The predicted octanol–water partition coefficient (Wildman–Crippen LogP) is 3.17. The first-order chi connectivity index (χ1) is 25.1. The van der Waals surface area contributed by atoms with E-state index in [1.165, 1.54) is 49.3 Å². The highest BCUT2D eigenvalue weighted by Gasteiger charge is 2.21. The summed E-state index contributed by atoms with van der Waals surface area (Å²) < 4.78 is 23.9. The van der Waals surface area contributed by atoms with Crippen LogP contribution in [0.15, 0.2) is 86.0 Å². The van der Waals surface area contributed by atoms with E-state index in [0.29, 0.717) is 11.6 Å². The number of benzene rings is 2. The van der Waals surface area contributed by atoms with Crippen LogP contribution in [0.2, 0.25) is 0 Å². The minimum absolute atomic E-state index is 0.0613. The highest BCUT2D eigenvalue weighted by atomic mass is 19.1. The van der Waals surface area contributed by atoms with Gasteiger partial charge >= 0.3 is 11.9 Å². The van der Waals surface area contributed by atoms with Gasteiger partial charge in [0, 0.05) is 37.3 Å². The van der Waals surface area contributed by atoms with Crippen LogP contribution in [0.1, 0.15) is 52.8 Å². The Balaban J connectivity index is 1.18. The van der Waals surface area contributed by atoms with E-state index in [1.54, 1.807) is 21.5 Å². The van der Waals surface area contributed by atoms with E-state index in [2.05, 4.69) is 41.0 Å². The number of nitrogens with one attached hydrogen (secondary N) is 2. The topological polar surface area (TPSA) is 253 Å². The lowest BCUT2D eigenvalue weighted by Gasteiger charge is -2.15. The number of anilines is 2. The second-order valence-electron chi connectivity index (χ2n) is 10.6. The van der Waals surface area contributed by atoms with E-state index in [1.807, 2.05) is 6.07 Å². The van der Waals surface area contributed by atoms with Crippen molar-refractivity contribution in [1.29, 1.82) is 5.26 Å². The third kappa shape index (κ3) is 7.40. The Kier molecular flexibility index (Phi) is 9.62. The molecule has 19 heteroatoms. The number of hydrogen-bond donors (Lipinski definition) is 4. The summed E-state index contributed by atoms with van der Waals surface area (Å²) in [6.45, 7) is -0.298. The van der Waals surface area contributed by atoms with Gasteiger partial charge in [-0.25, -0.2) is 23.9 Å². The summed E-state index contributed by atoms with van der Waals surface area (Å²) in [5.74, 6) is -4.88. The van der Waals surface area contributed by atoms with E-state index in [9.17, 15) is 34.7 Å². The van der Waals surface area contributed by atoms with Crippen LogP contribution in [0, 0.1) is 17.1 Å². The number of carboxylic acids is 2. The highest BCUT2D eigenvalue weighted by molar-refractivity contribution is 6.08. The van der Waals surface area contributed by atoms with E-state index in [4.69, 9.17) is 4.74 Å². The molecule has 0 aliphatic carbocycles. The molecular weight excluding hydrogens is 681 g/mol. The van der Waals surface area contributed by atoms with Gasteiger partial charge in [0.25, 0.3) is 11.8 Å². The molecule has 0 radical (unpaired) electrons. The largest absolute Gasteiger partial charge is 0.492 e. The zero-order chi connectivity index (χ0) is 36.8. The summed E-state index contributed by atoms with van der Waals surface area (Å²) in [6.07, 6.45) is 9.08. The summed E-state index contributed by atoms with van der Waals surface area (Å²) in [7, 11) is 0. The summed E-state index contributed by atoms with van der Waals surface area (Å²) in [6, 6.07) is 11.5. The number of hydrogen-bond acceptors (Lipinski definition) is 12. The van der Waals surface area contributed by atoms with Gasteiger partial charge in [-0.3, -0.25) is 18.7 Å². The Labute approximate surface area is 290 Å². The van der Waals surface area contributed by atoms with Crippen molar-refractivity contribution in [3.05, 3.63) is 125 Å². The quantitative estimate of drug-likeness (QED) is 0.143. The SMILES string of the molecule is N#Cc1cc(C(=O)O)c(NC(=O)c2ccc(-n3ccnc3)nn2)cc1OCCc1cc(NC(=O)c2ccc(-n3ccnc3)nn2)c(C(=O)O)cc1F. The number of carbonyl (C=O) groups is 4. The molecule has 4 aromatic heterocycles. The molecule has 4 N–H and O–H groups in total. The van der Waals surface area contributed by atoms with Crippen LogP contribution in [0.5, 0.6) is 5.75 Å². The molecule has 0 spiro atoms. The molecule has 18 nitrogen and oxygen atoms in total. The van der Waals surface area contributed by atoms with Crippen LogP contribution in [0.4, 0.5) is 15.8 Å². The first kappa shape index (κ1) is 34.0. The van der Waals surface area contributed by atoms with Crippen molar-refractivity contribution in [3.63, 3.8) is 0 Å². The van der Waals surface area contributed by atoms with Crippen molar-refractivity contribution < 1.29 is 38.5 Å². The molecule has 258 valence electrons. The molecule has 0 atom stereocenters. The van der Waals surface area contributed by atoms with Crippen LogP contribution in [0.25, 0.3) is 11.6 Å². The van der Waals surface area contributed by atoms with Crippen LogP contribution in [0.3, 0.4) is 0 Å². The minimum atomic E-state index is -1.51. The zero-order valence-electron chi connectivity index (χ0n) is 26.3. The Bertz CT molecular complexity index is 2340. The number of imidazole rings is 2. The minimum Gasteiger partial charge on any atom is -0.492 e. The second-order valence-corrected chi connectivity index (χ2v) is 10.6. The fourth-order valence-corrected chi connectivity index (χ4v) is 4.76. The molecule has 0 saturated carbocycles. The van der Waals surface area contributed by atoms with E-state index in [-0.39, 0.29) is 52.7 Å². The molecule has 6 rings (SSSR count). The van der Waals surface area contributed by atoms with E-state index in [0.717, 1.165) is 24.3 Å². The van der Waals surface area contributed by atoms with Crippen LogP contribution < -0.4 is 15.4 Å². The van der Waals surface area contributed by atoms with Crippen molar-refractivity contribution >= 4 is 35.1 Å². The van der Waals surface area contributed by atoms with Crippen molar-refractivity contribution in [2.24, 2.45) is 0 Å². The molecule has 52 heavy (non-hydrogen) atoms. The van der Waals surface area contributed by atoms with Gasteiger partial charge in [0.15, 0.2) is 23.0 Å². The number of rotatable bonds is 12. The molecule has 2 amide bonds. The van der Waals surface area contributed by atoms with Gasteiger partial charge in [-0.15, -0.1) is 20.4 Å². The number of nitriles is 1. The van der Waals surface area contributed by atoms with Gasteiger partial charge < -0.3 is 25.6 Å². The lowest BCUT2D eigenvalue weighted by atomic mass is 10.1. The Hall–Kier alpha value is -7.88. The number of aromatic nitrogens is 8. The number of amides is 2. The number of carbonyl (C=O) groups excluding carboxylic acids is 2. The normalized spacial score (nSPS) is 10.6. The van der Waals surface area contributed by atoms with Crippen molar-refractivity contribution in [1.82, 2.24) is 39.5 Å². The summed E-state index contributed by atoms with van der Waals surface area (Å²) in [4.78, 5) is 57.6. The molecule has 2 aromatic carbocycles. The number of halogens is 1. The van der Waals surface area contributed by atoms with Gasteiger partial charge in [-0.1, -0.05) is 0 Å². The second kappa shape index (κ2) is 14.7. The lowest BCUT2D eigenvalue weighted by molar-refractivity contribution is 0.0686. The molecule has 0 fully saturated rings. The van der Waals surface area contributed by atoms with Gasteiger partial charge in [0.05, 0.1) is 34.7 Å². The lowest BCUT2D eigenvalue weighted by Crippen LogP contribution is -2.18. The Morgan fingerprint density at radius 3 is 1.77 bits per heavy atom. The smallest absolute Gasteiger partial charge is 0.337 e. The Morgan fingerprint density at radius 2 is 1.31 bits per heavy atom. The monoisotopic (exact) mass is 703 g/mol. The van der Waals surface area contributed by atoms with Crippen molar-refractivity contribution in [2.75, 3.05) is 17.2 Å². The maximum Gasteiger partial charge on any atom is 0.337 e. The average Bonchev–Trinajstić information content (AvgIpc) is 3.89. The molecule has 0 aliphatic rings. The highest BCUT2D eigenvalue weighted by Crippen LogP contribution is 2.29. The molecule has 0 aliphatic heterocycles. The maximum absolute atomic E-state index is 15.1. The molecule has 0 unspecified atom stereocenters. The molecular formula is C33H22FN11O7. The summed E-state index contributed by atoms with van der Waals surface area (Å²) in [5, 5.41) is 49.6. The standard InChI is InChI=1S/C33H22FN11O7/c34-22-13-21(33(50)51)25(38-30(46)23-1-3-28(42-40-23)44-8-6-36-16-44)12-18(22)5-10-52-27-14-26(20(32(48)49)11-19(27)15-35)39-31(47)24-2-4-29(43-41-24)45-9-7-37-17-45/h1-4,6-9,11-14,16-17H,5,10H2,(H,38,46)(H,39,47)(H,48,49)(H,50,51). The Morgan fingerprint density at radius 1 is 0.769 bits per heavy atom. The molecule has 4 heterocycles. The van der Waals surface area contributed by atoms with Crippen LogP contribution >= 0.6 is 0 Å². The molecule has 6 aromatic rings. The third-order valence-electron chi connectivity index (χ3n) is 7.32.